The summed E-state index contributed by atoms with van der Waals surface area (Å²) >= 11 is 8.27. The molecule has 334 valence electrons. The largest absolute Gasteiger partial charge is 0.495 e. The molecule has 3 heterocycles. The van der Waals surface area contributed by atoms with Gasteiger partial charge in [-0.15, -0.1) is 0 Å². The van der Waals surface area contributed by atoms with Crippen molar-refractivity contribution in [3.05, 3.63) is 46.5 Å². The maximum atomic E-state index is 14.2. The van der Waals surface area contributed by atoms with Crippen LogP contribution in [0.25, 0.3) is 0 Å². The van der Waals surface area contributed by atoms with E-state index in [2.05, 4.69) is 10.6 Å². The van der Waals surface area contributed by atoms with Crippen molar-refractivity contribution in [3.63, 3.8) is 0 Å². The Morgan fingerprint density at radius 1 is 1.17 bits per heavy atom. The number of nitrogens with one attached hydrogen (secondary N) is 2. The number of hydrogen-bond acceptors (Lipinski definition) is 13. The van der Waals surface area contributed by atoms with Crippen LogP contribution in [0.1, 0.15) is 58.9 Å². The summed E-state index contributed by atoms with van der Waals surface area (Å²) in [7, 11) is 9.58. The van der Waals surface area contributed by atoms with Crippen molar-refractivity contribution >= 4 is 58.8 Å². The fraction of sp³-hybridized carbons (Fsp3) is 0.643. The monoisotopic (exact) mass is 879 g/mol. The van der Waals surface area contributed by atoms with Crippen LogP contribution in [0.3, 0.4) is 0 Å². The molecule has 0 aliphatic carbocycles. The molecule has 0 saturated carbocycles. The van der Waals surface area contributed by atoms with Crippen LogP contribution in [0.4, 0.5) is 10.5 Å². The number of carbonyl (C=O) groups excluding carboxylic acids is 5. The van der Waals surface area contributed by atoms with Crippen LogP contribution in [0.5, 0.6) is 5.75 Å². The van der Waals surface area contributed by atoms with E-state index in [0.29, 0.717) is 48.9 Å². The normalized spacial score (nSPS) is 28.8. The van der Waals surface area contributed by atoms with Crippen LogP contribution in [-0.4, -0.2) is 153 Å². The highest BCUT2D eigenvalue weighted by molar-refractivity contribution is 7.99. The topological polar surface area (TPSA) is 189 Å². The van der Waals surface area contributed by atoms with Gasteiger partial charge in [-0.05, 0) is 51.9 Å². The van der Waals surface area contributed by atoms with E-state index in [1.165, 1.54) is 42.8 Å². The predicted octanol–water partition coefficient (Wildman–Crippen LogP) is 3.71. The van der Waals surface area contributed by atoms with E-state index in [0.717, 1.165) is 11.1 Å². The average Bonchev–Trinajstić information content (AvgIpc) is 3.91. The molecule has 1 unspecified atom stereocenters. The zero-order valence-electron chi connectivity index (χ0n) is 36.4. The Kier molecular flexibility index (Phi) is 17.3. The van der Waals surface area contributed by atoms with Crippen molar-refractivity contribution in [2.24, 2.45) is 5.92 Å². The molecule has 0 radical (unpaired) electrons. The van der Waals surface area contributed by atoms with Crippen LogP contribution >= 0.6 is 23.4 Å². The molecular weight excluding hydrogens is 818 g/mol. The van der Waals surface area contributed by atoms with Crippen molar-refractivity contribution < 1.29 is 52.8 Å². The second kappa shape index (κ2) is 21.3. The highest BCUT2D eigenvalue weighted by atomic mass is 35.5. The molecule has 8 atom stereocenters. The molecule has 3 N–H and O–H groups in total. The van der Waals surface area contributed by atoms with E-state index in [-0.39, 0.29) is 36.1 Å². The van der Waals surface area contributed by atoms with E-state index in [9.17, 15) is 29.1 Å². The molecular formula is C42H62ClN5O11S. The molecule has 18 heteroatoms. The lowest BCUT2D eigenvalue weighted by molar-refractivity contribution is -0.162. The summed E-state index contributed by atoms with van der Waals surface area (Å²) in [4.78, 5) is 71.0. The molecule has 2 saturated heterocycles. The van der Waals surface area contributed by atoms with Gasteiger partial charge in [0.25, 0.3) is 0 Å². The Morgan fingerprint density at radius 2 is 1.85 bits per heavy atom. The van der Waals surface area contributed by atoms with Gasteiger partial charge in [0.1, 0.15) is 40.7 Å². The first kappa shape index (κ1) is 48.8. The summed E-state index contributed by atoms with van der Waals surface area (Å²) < 4.78 is 29.3. The van der Waals surface area contributed by atoms with Crippen LogP contribution in [0, 0.1) is 5.92 Å². The lowest BCUT2D eigenvalue weighted by Gasteiger charge is -2.42. The molecule has 60 heavy (non-hydrogen) atoms. The zero-order valence-corrected chi connectivity index (χ0v) is 37.9. The number of thioether (sulfide) groups is 1. The maximum Gasteiger partial charge on any atom is 0.409 e. The Bertz CT molecular complexity index is 1800. The van der Waals surface area contributed by atoms with Gasteiger partial charge in [0.2, 0.25) is 17.7 Å². The number of anilines is 1. The van der Waals surface area contributed by atoms with E-state index < -0.39 is 65.7 Å². The van der Waals surface area contributed by atoms with Gasteiger partial charge in [-0.3, -0.25) is 19.7 Å². The number of alkyl carbamates (subject to hydrolysis) is 1. The van der Waals surface area contributed by atoms with Crippen molar-refractivity contribution in [2.75, 3.05) is 71.9 Å². The molecule has 4 rings (SSSR count). The van der Waals surface area contributed by atoms with Crippen molar-refractivity contribution in [3.8, 4) is 5.75 Å². The Hall–Kier alpha value is -3.87. The summed E-state index contributed by atoms with van der Waals surface area (Å²) in [5.41, 5.74) is -0.995. The van der Waals surface area contributed by atoms with Gasteiger partial charge in [0.05, 0.1) is 25.3 Å². The van der Waals surface area contributed by atoms with Gasteiger partial charge in [0.15, 0.2) is 5.72 Å². The molecule has 3 aliphatic heterocycles. The number of carbonyl (C=O) groups is 5. The third kappa shape index (κ3) is 11.9. The van der Waals surface area contributed by atoms with Crippen molar-refractivity contribution in [2.45, 2.75) is 102 Å². The van der Waals surface area contributed by atoms with Crippen LogP contribution in [0.15, 0.2) is 35.9 Å². The minimum Gasteiger partial charge on any atom is -0.495 e. The lowest BCUT2D eigenvalue weighted by Crippen LogP contribution is -2.63. The number of aliphatic hydroxyl groups is 1. The predicted molar refractivity (Wildman–Crippen MR) is 229 cm³/mol. The smallest absolute Gasteiger partial charge is 0.409 e. The molecule has 0 aromatic heterocycles. The molecule has 16 nitrogen and oxygen atoms in total. The zero-order chi connectivity index (χ0) is 44.5. The molecule has 1 aromatic carbocycles. The van der Waals surface area contributed by atoms with Crippen LogP contribution in [-0.2, 0) is 44.5 Å². The summed E-state index contributed by atoms with van der Waals surface area (Å²) in [5, 5.41) is 17.5. The highest BCUT2D eigenvalue weighted by Crippen LogP contribution is 2.49. The minimum atomic E-state index is -1.84. The number of esters is 1. The summed E-state index contributed by atoms with van der Waals surface area (Å²) in [6.07, 6.45) is 1.26. The number of methoxy groups -OCH3 is 2. The second-order valence-electron chi connectivity index (χ2n) is 15.9. The number of likely N-dealkylation sites (N-methyl/N-ethyl adjacent to an activating group) is 3. The lowest BCUT2D eigenvalue weighted by atomic mass is 9.83. The number of epoxide rings is 1. The Balaban J connectivity index is 1.58. The number of nitrogens with zero attached hydrogens (tertiary/aromatic N) is 3. The summed E-state index contributed by atoms with van der Waals surface area (Å²) in [6, 6.07) is 2.55. The standard InChI is InChI=1S/C42H62ClN5O11S/c1-25-12-11-13-32(56-10)42(54)24-31(57-40(53)45-42)26(2)38-41(4,59-38)33(23-36(51)48(8)29-21-28(20-25)22-30(55-9)37(29)43)58-39(52)27(3)47(7)35(50)15-19-60-18-14-34(49)46(6)17-16-44-5/h11-13,21-22,26-27,31-33,38,44,54H,14-20,23-24H2,1-10H3,(H,45,53)/b13-11+,25-12+/t26-,27+,31+,32-,33+,38+,41?,42+/m1/s1. The number of hydrogen-bond donors (Lipinski definition) is 3. The Morgan fingerprint density at radius 3 is 2.50 bits per heavy atom. The molecule has 4 bridgehead atoms. The first-order chi connectivity index (χ1) is 28.3. The van der Waals surface area contributed by atoms with E-state index in [1.54, 1.807) is 64.1 Å². The fourth-order valence-corrected chi connectivity index (χ4v) is 8.57. The third-order valence-corrected chi connectivity index (χ3v) is 12.9. The molecule has 0 spiro atoms. The number of rotatable bonds is 14. The minimum absolute atomic E-state index is 0.0245. The van der Waals surface area contributed by atoms with Crippen molar-refractivity contribution in [1.82, 2.24) is 20.4 Å². The number of benzene rings is 1. The molecule has 3 aliphatic rings. The quantitative estimate of drug-likeness (QED) is 0.140. The molecule has 1 aromatic rings. The number of ether oxygens (including phenoxy) is 5. The van der Waals surface area contributed by atoms with Gasteiger partial charge in [0, 0.05) is 78.0 Å². The third-order valence-electron chi connectivity index (χ3n) is 11.6. The van der Waals surface area contributed by atoms with E-state index in [4.69, 9.17) is 35.3 Å². The first-order valence-corrected chi connectivity index (χ1v) is 21.6. The Labute approximate surface area is 362 Å². The van der Waals surface area contributed by atoms with Crippen LogP contribution < -0.4 is 20.3 Å². The van der Waals surface area contributed by atoms with Gasteiger partial charge >= 0.3 is 12.1 Å². The van der Waals surface area contributed by atoms with Gasteiger partial charge in [-0.25, -0.2) is 9.59 Å². The maximum absolute atomic E-state index is 14.2. The average molecular weight is 881 g/mol. The number of halogens is 1. The van der Waals surface area contributed by atoms with Crippen LogP contribution in [0.2, 0.25) is 5.02 Å². The first-order valence-electron chi connectivity index (χ1n) is 20.1. The van der Waals surface area contributed by atoms with E-state index >= 15 is 0 Å². The van der Waals surface area contributed by atoms with Gasteiger partial charge in [-0.1, -0.05) is 42.3 Å². The highest BCUT2D eigenvalue weighted by Gasteiger charge is 2.64. The van der Waals surface area contributed by atoms with Gasteiger partial charge in [-0.2, -0.15) is 11.8 Å². The summed E-state index contributed by atoms with van der Waals surface area (Å²) in [5.74, 6) is -0.651. The summed E-state index contributed by atoms with van der Waals surface area (Å²) in [6.45, 7) is 8.27. The molecule has 2 fully saturated rings. The number of amides is 4. The van der Waals surface area contributed by atoms with Gasteiger partial charge < -0.3 is 48.8 Å². The SMILES string of the molecule is CNCCN(C)C(=O)CCSCCC(=O)N(C)[C@@H](C)C(=O)O[C@H]1CC(=O)N(C)c2cc(cc(OC)c2Cl)C/C(C)=C/C=C/[C@@H](OC)[C@@]2(O)C[C@H](OC(=O)N2)[C@@H](C)[C@@H]2OC12C. The number of allylic oxidation sites excluding steroid dienone is 3. The van der Waals surface area contributed by atoms with E-state index in [1.807, 2.05) is 20.0 Å². The second-order valence-corrected chi connectivity index (χ2v) is 17.5. The number of fused-ring (bicyclic) bond motifs is 5. The fourth-order valence-electron chi connectivity index (χ4n) is 7.41. The van der Waals surface area contributed by atoms with Crippen molar-refractivity contribution in [1.29, 1.82) is 0 Å². The molecule has 4 amide bonds.